The summed E-state index contributed by atoms with van der Waals surface area (Å²) in [6.45, 7) is 1.72. The smallest absolute Gasteiger partial charge is 0.261 e. The van der Waals surface area contributed by atoms with Crippen LogP contribution < -0.4 is 10.6 Å². The van der Waals surface area contributed by atoms with E-state index in [0.717, 1.165) is 11.4 Å². The van der Waals surface area contributed by atoms with E-state index in [4.69, 9.17) is 0 Å². The zero-order valence-corrected chi connectivity index (χ0v) is 15.3. The molecule has 5 nitrogen and oxygen atoms in total. The number of rotatable bonds is 4. The molecule has 5 heteroatoms. The number of H-pyrrole nitrogens is 1. The van der Waals surface area contributed by atoms with E-state index in [-0.39, 0.29) is 16.9 Å². The van der Waals surface area contributed by atoms with E-state index in [9.17, 15) is 9.90 Å². The van der Waals surface area contributed by atoms with Gasteiger partial charge in [-0.1, -0.05) is 48.5 Å². The molecule has 0 saturated carbocycles. The Labute approximate surface area is 162 Å². The van der Waals surface area contributed by atoms with E-state index >= 15 is 0 Å². The van der Waals surface area contributed by atoms with Gasteiger partial charge in [0.05, 0.1) is 22.6 Å². The Morgan fingerprint density at radius 3 is 2.00 bits per heavy atom. The summed E-state index contributed by atoms with van der Waals surface area (Å²) in [5.41, 5.74) is 2.49. The number of anilines is 2. The molecular weight excluding hydrogens is 350 g/mol. The van der Waals surface area contributed by atoms with Gasteiger partial charge in [0.15, 0.2) is 0 Å². The summed E-state index contributed by atoms with van der Waals surface area (Å²) < 4.78 is 0. The van der Waals surface area contributed by atoms with E-state index in [0.29, 0.717) is 16.6 Å². The van der Waals surface area contributed by atoms with Crippen molar-refractivity contribution in [2.75, 3.05) is 5.01 Å². The second kappa shape index (κ2) is 7.40. The van der Waals surface area contributed by atoms with Crippen molar-refractivity contribution in [2.45, 2.75) is 6.92 Å². The van der Waals surface area contributed by atoms with Gasteiger partial charge in [0, 0.05) is 5.39 Å². The number of aromatic nitrogens is 1. The number of hydrogen-bond acceptors (Lipinski definition) is 4. The number of aromatic hydroxyl groups is 1. The van der Waals surface area contributed by atoms with Gasteiger partial charge in [-0.2, -0.15) is 5.10 Å². The number of para-hydroxylation sites is 3. The Kier molecular flexibility index (Phi) is 4.64. The Bertz CT molecular complexity index is 1160. The van der Waals surface area contributed by atoms with E-state index in [2.05, 4.69) is 10.1 Å². The molecule has 1 aromatic heterocycles. The Balaban J connectivity index is 1.88. The molecule has 0 fully saturated rings. The number of benzene rings is 3. The first kappa shape index (κ1) is 17.5. The summed E-state index contributed by atoms with van der Waals surface area (Å²) in [4.78, 5) is 15.5. The molecule has 4 aromatic rings. The average Bonchev–Trinajstić information content (AvgIpc) is 2.73. The van der Waals surface area contributed by atoms with Crippen LogP contribution in [0, 0.1) is 0 Å². The highest BCUT2D eigenvalue weighted by Gasteiger charge is 2.16. The highest BCUT2D eigenvalue weighted by Crippen LogP contribution is 2.28. The van der Waals surface area contributed by atoms with Crippen LogP contribution in [0.4, 0.5) is 11.4 Å². The standard InChI is InChI=1S/C23H19N3O2/c1-16(21-22(27)19-14-8-9-15-20(19)24-23(21)28)25-26(17-10-4-2-5-11-17)18-12-6-3-7-13-18/h2-15H,1H3,(H2,24,27,28)/b25-16+. The normalized spacial score (nSPS) is 11.5. The molecule has 0 radical (unpaired) electrons. The van der Waals surface area contributed by atoms with Crippen molar-refractivity contribution >= 4 is 28.0 Å². The first-order valence-electron chi connectivity index (χ1n) is 8.95. The first-order chi connectivity index (χ1) is 13.6. The minimum absolute atomic E-state index is 0.0679. The van der Waals surface area contributed by atoms with Gasteiger partial charge >= 0.3 is 0 Å². The molecule has 0 aliphatic carbocycles. The monoisotopic (exact) mass is 369 g/mol. The number of fused-ring (bicyclic) bond motifs is 1. The fraction of sp³-hybridized carbons (Fsp3) is 0.0435. The number of nitrogens with zero attached hydrogens (tertiary/aromatic N) is 2. The SMILES string of the molecule is C/C(=N\N(c1ccccc1)c1ccccc1)c1c(O)c2ccccc2[nH]c1=O. The lowest BCUT2D eigenvalue weighted by Crippen LogP contribution is -2.20. The molecule has 0 bridgehead atoms. The summed E-state index contributed by atoms with van der Waals surface area (Å²) in [7, 11) is 0. The zero-order chi connectivity index (χ0) is 19.5. The van der Waals surface area contributed by atoms with Crippen LogP contribution in [0.15, 0.2) is 94.8 Å². The van der Waals surface area contributed by atoms with Crippen LogP contribution in [0.5, 0.6) is 5.75 Å². The summed E-state index contributed by atoms with van der Waals surface area (Å²) in [6.07, 6.45) is 0. The minimum Gasteiger partial charge on any atom is -0.506 e. The van der Waals surface area contributed by atoms with Crippen molar-refractivity contribution in [3.8, 4) is 5.75 Å². The Hall–Kier alpha value is -3.86. The lowest BCUT2D eigenvalue weighted by Gasteiger charge is -2.20. The van der Waals surface area contributed by atoms with Gasteiger partial charge in [0.25, 0.3) is 5.56 Å². The maximum atomic E-state index is 12.6. The zero-order valence-electron chi connectivity index (χ0n) is 15.3. The number of nitrogens with one attached hydrogen (secondary N) is 1. The third-order valence-electron chi connectivity index (χ3n) is 4.51. The van der Waals surface area contributed by atoms with Crippen molar-refractivity contribution in [1.29, 1.82) is 0 Å². The predicted molar refractivity (Wildman–Crippen MR) is 113 cm³/mol. The molecule has 2 N–H and O–H groups in total. The summed E-state index contributed by atoms with van der Waals surface area (Å²) in [5.74, 6) is -0.0679. The average molecular weight is 369 g/mol. The lowest BCUT2D eigenvalue weighted by atomic mass is 10.1. The van der Waals surface area contributed by atoms with Crippen molar-refractivity contribution in [3.63, 3.8) is 0 Å². The quantitative estimate of drug-likeness (QED) is 0.401. The Morgan fingerprint density at radius 2 is 1.39 bits per heavy atom. The van der Waals surface area contributed by atoms with Crippen LogP contribution in [0.3, 0.4) is 0 Å². The molecule has 0 amide bonds. The summed E-state index contributed by atoms with van der Waals surface area (Å²) in [5, 5.41) is 17.8. The van der Waals surface area contributed by atoms with Gasteiger partial charge in [0.1, 0.15) is 11.3 Å². The number of pyridine rings is 1. The lowest BCUT2D eigenvalue weighted by molar-refractivity contribution is 0.479. The molecule has 3 aromatic carbocycles. The van der Waals surface area contributed by atoms with Crippen molar-refractivity contribution < 1.29 is 5.11 Å². The van der Waals surface area contributed by atoms with Crippen LogP contribution in [0.25, 0.3) is 10.9 Å². The van der Waals surface area contributed by atoms with Crippen LogP contribution >= 0.6 is 0 Å². The summed E-state index contributed by atoms with van der Waals surface area (Å²) in [6, 6.07) is 26.5. The molecule has 4 rings (SSSR count). The molecular formula is C23H19N3O2. The second-order valence-corrected chi connectivity index (χ2v) is 6.39. The second-order valence-electron chi connectivity index (χ2n) is 6.39. The van der Waals surface area contributed by atoms with Gasteiger partial charge in [-0.25, -0.2) is 5.01 Å². The first-order valence-corrected chi connectivity index (χ1v) is 8.95. The van der Waals surface area contributed by atoms with E-state index in [1.165, 1.54) is 0 Å². The molecule has 0 spiro atoms. The number of hydrazone groups is 1. The predicted octanol–water partition coefficient (Wildman–Crippen LogP) is 4.80. The van der Waals surface area contributed by atoms with Crippen LogP contribution in [-0.2, 0) is 0 Å². The largest absolute Gasteiger partial charge is 0.506 e. The fourth-order valence-corrected chi connectivity index (χ4v) is 3.16. The molecule has 138 valence electrons. The van der Waals surface area contributed by atoms with Crippen molar-refractivity contribution in [2.24, 2.45) is 5.10 Å². The molecule has 0 atom stereocenters. The minimum atomic E-state index is -0.376. The molecule has 0 aliphatic heterocycles. The molecule has 0 unspecified atom stereocenters. The van der Waals surface area contributed by atoms with Gasteiger partial charge < -0.3 is 10.1 Å². The van der Waals surface area contributed by atoms with Crippen LogP contribution in [0.1, 0.15) is 12.5 Å². The number of hydrogen-bond donors (Lipinski definition) is 2. The van der Waals surface area contributed by atoms with E-state index in [1.807, 2.05) is 72.8 Å². The molecule has 0 aliphatic rings. The maximum Gasteiger partial charge on any atom is 0.261 e. The van der Waals surface area contributed by atoms with Gasteiger partial charge in [-0.3, -0.25) is 4.79 Å². The van der Waals surface area contributed by atoms with Crippen LogP contribution in [0.2, 0.25) is 0 Å². The number of aromatic amines is 1. The van der Waals surface area contributed by atoms with Gasteiger partial charge in [0.2, 0.25) is 0 Å². The highest BCUT2D eigenvalue weighted by atomic mass is 16.3. The maximum absolute atomic E-state index is 12.6. The molecule has 1 heterocycles. The third-order valence-corrected chi connectivity index (χ3v) is 4.51. The molecule has 0 saturated heterocycles. The highest BCUT2D eigenvalue weighted by molar-refractivity contribution is 6.05. The fourth-order valence-electron chi connectivity index (χ4n) is 3.16. The van der Waals surface area contributed by atoms with Gasteiger partial charge in [-0.05, 0) is 43.3 Å². The van der Waals surface area contributed by atoms with Gasteiger partial charge in [-0.15, -0.1) is 0 Å². The topological polar surface area (TPSA) is 68.7 Å². The Morgan fingerprint density at radius 1 is 0.857 bits per heavy atom. The van der Waals surface area contributed by atoms with E-state index < -0.39 is 0 Å². The van der Waals surface area contributed by atoms with Crippen LogP contribution in [-0.4, -0.2) is 15.8 Å². The van der Waals surface area contributed by atoms with Crippen molar-refractivity contribution in [1.82, 2.24) is 4.98 Å². The molecule has 28 heavy (non-hydrogen) atoms. The summed E-state index contributed by atoms with van der Waals surface area (Å²) >= 11 is 0. The van der Waals surface area contributed by atoms with Crippen molar-refractivity contribution in [3.05, 3.63) is 101 Å². The van der Waals surface area contributed by atoms with E-state index in [1.54, 1.807) is 24.1 Å². The third kappa shape index (κ3) is 3.25.